The fourth-order valence-corrected chi connectivity index (χ4v) is 4.32. The van der Waals surface area contributed by atoms with E-state index in [1.807, 2.05) is 36.8 Å². The second-order valence-electron chi connectivity index (χ2n) is 8.29. The molecule has 0 bridgehead atoms. The maximum Gasteiger partial charge on any atom is 0.251 e. The van der Waals surface area contributed by atoms with Gasteiger partial charge in [-0.2, -0.15) is 0 Å². The molecule has 2 saturated heterocycles. The fourth-order valence-electron chi connectivity index (χ4n) is 4.32. The average Bonchev–Trinajstić information content (AvgIpc) is 3.16. The minimum absolute atomic E-state index is 0.0490. The SMILES string of the molecule is CC(C)O[C@H](C)C(=O)N1CCC2(CCC(=O)N(CCc3cnc[nH]3)C2)CC1. The van der Waals surface area contributed by atoms with Crippen LogP contribution in [-0.2, 0) is 20.7 Å². The zero-order valence-electron chi connectivity index (χ0n) is 16.7. The molecule has 1 spiro atoms. The molecule has 2 amide bonds. The maximum atomic E-state index is 12.6. The van der Waals surface area contributed by atoms with Gasteiger partial charge in [0.1, 0.15) is 6.10 Å². The van der Waals surface area contributed by atoms with Crippen molar-refractivity contribution in [2.45, 2.75) is 65.1 Å². The summed E-state index contributed by atoms with van der Waals surface area (Å²) >= 11 is 0. The second kappa shape index (κ2) is 8.42. The first-order valence-corrected chi connectivity index (χ1v) is 10.1. The molecule has 0 aromatic carbocycles. The van der Waals surface area contributed by atoms with Crippen molar-refractivity contribution in [1.82, 2.24) is 19.8 Å². The van der Waals surface area contributed by atoms with Crippen LogP contribution in [-0.4, -0.2) is 70.0 Å². The highest BCUT2D eigenvalue weighted by Gasteiger charge is 2.42. The van der Waals surface area contributed by atoms with E-state index in [-0.39, 0.29) is 23.3 Å². The number of likely N-dealkylation sites (tertiary alicyclic amines) is 2. The zero-order valence-corrected chi connectivity index (χ0v) is 16.7. The monoisotopic (exact) mass is 376 g/mol. The van der Waals surface area contributed by atoms with E-state index in [4.69, 9.17) is 4.74 Å². The fraction of sp³-hybridized carbons (Fsp3) is 0.750. The number of aromatic nitrogens is 2. The van der Waals surface area contributed by atoms with Crippen molar-refractivity contribution in [1.29, 1.82) is 0 Å². The molecule has 1 atom stereocenters. The highest BCUT2D eigenvalue weighted by atomic mass is 16.5. The molecular weight excluding hydrogens is 344 g/mol. The summed E-state index contributed by atoms with van der Waals surface area (Å²) in [5, 5.41) is 0. The molecule has 27 heavy (non-hydrogen) atoms. The third kappa shape index (κ3) is 4.89. The van der Waals surface area contributed by atoms with Crippen LogP contribution in [0.1, 0.15) is 52.1 Å². The summed E-state index contributed by atoms with van der Waals surface area (Å²) in [5.74, 6) is 0.333. The topological polar surface area (TPSA) is 78.5 Å². The van der Waals surface area contributed by atoms with Crippen LogP contribution in [0, 0.1) is 5.41 Å². The largest absolute Gasteiger partial charge is 0.366 e. The van der Waals surface area contributed by atoms with Gasteiger partial charge in [0.15, 0.2) is 0 Å². The number of hydrogen-bond donors (Lipinski definition) is 1. The summed E-state index contributed by atoms with van der Waals surface area (Å²) in [6.45, 7) is 8.78. The predicted molar refractivity (Wildman–Crippen MR) is 102 cm³/mol. The molecule has 0 aliphatic carbocycles. The van der Waals surface area contributed by atoms with Gasteiger partial charge in [0.25, 0.3) is 5.91 Å². The number of hydrogen-bond acceptors (Lipinski definition) is 4. The van der Waals surface area contributed by atoms with Crippen LogP contribution in [0.2, 0.25) is 0 Å². The van der Waals surface area contributed by atoms with Gasteiger partial charge >= 0.3 is 0 Å². The standard InChI is InChI=1S/C20H32N4O3/c1-15(2)27-16(3)19(26)23-10-7-20(8-11-23)6-4-18(25)24(13-20)9-5-17-12-21-14-22-17/h12,14-16H,4-11,13H2,1-3H3,(H,21,22)/t16-/m1/s1. The Morgan fingerprint density at radius 1 is 1.30 bits per heavy atom. The number of aromatic amines is 1. The van der Waals surface area contributed by atoms with Gasteiger partial charge in [-0.15, -0.1) is 0 Å². The van der Waals surface area contributed by atoms with Crippen molar-refractivity contribution in [2.75, 3.05) is 26.2 Å². The molecule has 7 nitrogen and oxygen atoms in total. The van der Waals surface area contributed by atoms with Crippen LogP contribution >= 0.6 is 0 Å². The van der Waals surface area contributed by atoms with Crippen LogP contribution in [0.4, 0.5) is 0 Å². The molecule has 0 saturated carbocycles. The average molecular weight is 377 g/mol. The van der Waals surface area contributed by atoms with Crippen LogP contribution in [0.25, 0.3) is 0 Å². The van der Waals surface area contributed by atoms with Crippen LogP contribution in [0.5, 0.6) is 0 Å². The Hall–Kier alpha value is -1.89. The van der Waals surface area contributed by atoms with E-state index in [1.54, 1.807) is 6.33 Å². The van der Waals surface area contributed by atoms with Crippen LogP contribution < -0.4 is 0 Å². The summed E-state index contributed by atoms with van der Waals surface area (Å²) in [7, 11) is 0. The lowest BCUT2D eigenvalue weighted by atomic mass is 9.72. The highest BCUT2D eigenvalue weighted by molar-refractivity contribution is 5.80. The van der Waals surface area contributed by atoms with Crippen molar-refractivity contribution in [2.24, 2.45) is 5.41 Å². The third-order valence-corrected chi connectivity index (χ3v) is 5.91. The van der Waals surface area contributed by atoms with Gasteiger partial charge in [0.05, 0.1) is 12.4 Å². The lowest BCUT2D eigenvalue weighted by Crippen LogP contribution is -2.53. The van der Waals surface area contributed by atoms with E-state index >= 15 is 0 Å². The van der Waals surface area contributed by atoms with E-state index in [0.717, 1.165) is 57.6 Å². The normalized spacial score (nSPS) is 21.1. The Morgan fingerprint density at radius 3 is 2.67 bits per heavy atom. The molecule has 7 heteroatoms. The number of carbonyl (C=O) groups is 2. The predicted octanol–water partition coefficient (Wildman–Crippen LogP) is 2.00. The highest BCUT2D eigenvalue weighted by Crippen LogP contribution is 2.40. The van der Waals surface area contributed by atoms with Crippen LogP contribution in [0.3, 0.4) is 0 Å². The Bertz CT molecular complexity index is 636. The molecule has 2 aliphatic rings. The maximum absolute atomic E-state index is 12.6. The van der Waals surface area contributed by atoms with Crippen molar-refractivity contribution in [3.63, 3.8) is 0 Å². The minimum Gasteiger partial charge on any atom is -0.366 e. The summed E-state index contributed by atoms with van der Waals surface area (Å²) in [5.41, 5.74) is 1.21. The number of nitrogens with one attached hydrogen (secondary N) is 1. The van der Waals surface area contributed by atoms with E-state index in [0.29, 0.717) is 6.42 Å². The number of H-pyrrole nitrogens is 1. The number of carbonyl (C=O) groups excluding carboxylic acids is 2. The van der Waals surface area contributed by atoms with Gasteiger partial charge in [-0.25, -0.2) is 4.98 Å². The quantitative estimate of drug-likeness (QED) is 0.824. The number of rotatable bonds is 6. The Morgan fingerprint density at radius 2 is 2.04 bits per heavy atom. The number of nitrogens with zero attached hydrogens (tertiary/aromatic N) is 3. The number of amides is 2. The number of imidazole rings is 1. The smallest absolute Gasteiger partial charge is 0.251 e. The van der Waals surface area contributed by atoms with Gasteiger partial charge in [0.2, 0.25) is 5.91 Å². The molecule has 1 N–H and O–H groups in total. The molecule has 1 aromatic rings. The van der Waals surface area contributed by atoms with Gasteiger partial charge < -0.3 is 19.5 Å². The van der Waals surface area contributed by atoms with E-state index in [9.17, 15) is 9.59 Å². The van der Waals surface area contributed by atoms with Gasteiger partial charge in [0, 0.05) is 50.9 Å². The molecular formula is C20H32N4O3. The Balaban J connectivity index is 1.53. The minimum atomic E-state index is -0.391. The lowest BCUT2D eigenvalue weighted by molar-refractivity contribution is -0.150. The second-order valence-corrected chi connectivity index (χ2v) is 8.29. The van der Waals surface area contributed by atoms with Gasteiger partial charge in [-0.1, -0.05) is 0 Å². The first-order chi connectivity index (χ1) is 12.9. The number of ether oxygens (including phenoxy) is 1. The summed E-state index contributed by atoms with van der Waals surface area (Å²) in [4.78, 5) is 36.0. The molecule has 1 aromatic heterocycles. The first-order valence-electron chi connectivity index (χ1n) is 10.1. The van der Waals surface area contributed by atoms with E-state index in [2.05, 4.69) is 9.97 Å². The number of piperidine rings is 2. The summed E-state index contributed by atoms with van der Waals surface area (Å²) < 4.78 is 5.65. The summed E-state index contributed by atoms with van der Waals surface area (Å²) in [6.07, 6.45) is 7.42. The summed E-state index contributed by atoms with van der Waals surface area (Å²) in [6, 6.07) is 0. The van der Waals surface area contributed by atoms with Crippen molar-refractivity contribution in [3.8, 4) is 0 Å². The molecule has 0 unspecified atom stereocenters. The molecule has 150 valence electrons. The molecule has 2 aliphatic heterocycles. The lowest BCUT2D eigenvalue weighted by Gasteiger charge is -2.47. The van der Waals surface area contributed by atoms with Crippen molar-refractivity contribution in [3.05, 3.63) is 18.2 Å². The molecule has 2 fully saturated rings. The van der Waals surface area contributed by atoms with E-state index < -0.39 is 6.10 Å². The zero-order chi connectivity index (χ0) is 19.4. The van der Waals surface area contributed by atoms with Crippen molar-refractivity contribution < 1.29 is 14.3 Å². The first kappa shape index (κ1) is 19.9. The Labute approximate surface area is 161 Å². The Kier molecular flexibility index (Phi) is 6.19. The van der Waals surface area contributed by atoms with E-state index in [1.165, 1.54) is 0 Å². The van der Waals surface area contributed by atoms with Crippen LogP contribution in [0.15, 0.2) is 12.5 Å². The van der Waals surface area contributed by atoms with Crippen molar-refractivity contribution >= 4 is 11.8 Å². The molecule has 3 heterocycles. The molecule has 3 rings (SSSR count). The van der Waals surface area contributed by atoms with Gasteiger partial charge in [-0.05, 0) is 45.4 Å². The van der Waals surface area contributed by atoms with Gasteiger partial charge in [-0.3, -0.25) is 9.59 Å². The third-order valence-electron chi connectivity index (χ3n) is 5.91. The molecule has 0 radical (unpaired) electrons.